The molecule has 2 atom stereocenters. The Morgan fingerprint density at radius 3 is 2.53 bits per heavy atom. The molecule has 1 heterocycles. The molecule has 1 rings (SSSR count). The lowest BCUT2D eigenvalue weighted by Crippen LogP contribution is -2.49. The lowest BCUT2D eigenvalue weighted by Gasteiger charge is -2.30. The number of hydrogen-bond donors (Lipinski definition) is 2. The maximum Gasteiger partial charge on any atom is 0.326 e. The SMILES string of the molecule is CC(C)C(NC(=O)C1CCCN(C)C1)C(=O)O. The maximum absolute atomic E-state index is 12.0. The van der Waals surface area contributed by atoms with E-state index in [9.17, 15) is 9.59 Å². The number of nitrogens with zero attached hydrogens (tertiary/aromatic N) is 1. The van der Waals surface area contributed by atoms with E-state index in [1.54, 1.807) is 13.8 Å². The monoisotopic (exact) mass is 242 g/mol. The average molecular weight is 242 g/mol. The Bertz CT molecular complexity index is 291. The van der Waals surface area contributed by atoms with Crippen LogP contribution in [0.4, 0.5) is 0 Å². The number of carbonyl (C=O) groups is 2. The summed E-state index contributed by atoms with van der Waals surface area (Å²) in [6.07, 6.45) is 1.84. The van der Waals surface area contributed by atoms with Crippen LogP contribution in [0, 0.1) is 11.8 Å². The van der Waals surface area contributed by atoms with Crippen LogP contribution in [0.3, 0.4) is 0 Å². The highest BCUT2D eigenvalue weighted by Gasteiger charge is 2.29. The van der Waals surface area contributed by atoms with E-state index in [1.807, 2.05) is 7.05 Å². The van der Waals surface area contributed by atoms with E-state index >= 15 is 0 Å². The van der Waals surface area contributed by atoms with Crippen LogP contribution in [-0.2, 0) is 9.59 Å². The van der Waals surface area contributed by atoms with Gasteiger partial charge >= 0.3 is 5.97 Å². The Labute approximate surface area is 102 Å². The van der Waals surface area contributed by atoms with E-state index in [2.05, 4.69) is 10.2 Å². The summed E-state index contributed by atoms with van der Waals surface area (Å²) in [5, 5.41) is 11.7. The quantitative estimate of drug-likeness (QED) is 0.755. The third-order valence-corrected chi connectivity index (χ3v) is 3.23. The van der Waals surface area contributed by atoms with Gasteiger partial charge in [-0.1, -0.05) is 13.8 Å². The molecule has 0 spiro atoms. The van der Waals surface area contributed by atoms with Gasteiger partial charge in [0.05, 0.1) is 5.92 Å². The van der Waals surface area contributed by atoms with Gasteiger partial charge in [0.15, 0.2) is 0 Å². The normalized spacial score (nSPS) is 23.4. The zero-order chi connectivity index (χ0) is 13.0. The van der Waals surface area contributed by atoms with Crippen LogP contribution in [0.5, 0.6) is 0 Å². The minimum atomic E-state index is -0.961. The molecule has 2 unspecified atom stereocenters. The van der Waals surface area contributed by atoms with E-state index in [1.165, 1.54) is 0 Å². The molecule has 1 saturated heterocycles. The van der Waals surface area contributed by atoms with E-state index in [0.29, 0.717) is 0 Å². The van der Waals surface area contributed by atoms with Gasteiger partial charge in [-0.3, -0.25) is 4.79 Å². The molecule has 0 aromatic carbocycles. The second-order valence-electron chi connectivity index (χ2n) is 5.17. The fourth-order valence-corrected chi connectivity index (χ4v) is 2.17. The van der Waals surface area contributed by atoms with E-state index in [-0.39, 0.29) is 17.7 Å². The van der Waals surface area contributed by atoms with Crippen molar-refractivity contribution in [2.45, 2.75) is 32.7 Å². The molecule has 0 aromatic heterocycles. The predicted molar refractivity (Wildman–Crippen MR) is 64.6 cm³/mol. The number of nitrogens with one attached hydrogen (secondary N) is 1. The lowest BCUT2D eigenvalue weighted by atomic mass is 9.96. The summed E-state index contributed by atoms with van der Waals surface area (Å²) in [6.45, 7) is 5.32. The number of carboxylic acids is 1. The van der Waals surface area contributed by atoms with Crippen LogP contribution in [0.1, 0.15) is 26.7 Å². The number of aliphatic carboxylic acids is 1. The van der Waals surface area contributed by atoms with Crippen LogP contribution < -0.4 is 5.32 Å². The van der Waals surface area contributed by atoms with E-state index in [0.717, 1.165) is 25.9 Å². The minimum Gasteiger partial charge on any atom is -0.480 e. The minimum absolute atomic E-state index is 0.0747. The number of carboxylic acid groups (broad SMARTS) is 1. The first-order chi connectivity index (χ1) is 7.91. The number of hydrogen-bond acceptors (Lipinski definition) is 3. The summed E-state index contributed by atoms with van der Waals surface area (Å²) in [5.74, 6) is -1.26. The standard InChI is InChI=1S/C12H22N2O3/c1-8(2)10(12(16)17)13-11(15)9-5-4-6-14(3)7-9/h8-10H,4-7H2,1-3H3,(H,13,15)(H,16,17). The molecule has 0 saturated carbocycles. The molecule has 0 radical (unpaired) electrons. The summed E-state index contributed by atoms with van der Waals surface area (Å²) in [7, 11) is 1.98. The first kappa shape index (κ1) is 14.0. The Hall–Kier alpha value is -1.10. The summed E-state index contributed by atoms with van der Waals surface area (Å²) >= 11 is 0. The molecule has 0 bridgehead atoms. The van der Waals surface area contributed by atoms with Crippen molar-refractivity contribution in [3.05, 3.63) is 0 Å². The van der Waals surface area contributed by atoms with Crippen molar-refractivity contribution >= 4 is 11.9 Å². The van der Waals surface area contributed by atoms with Crippen LogP contribution >= 0.6 is 0 Å². The zero-order valence-electron chi connectivity index (χ0n) is 10.8. The van der Waals surface area contributed by atoms with Crippen LogP contribution in [0.2, 0.25) is 0 Å². The second-order valence-corrected chi connectivity index (χ2v) is 5.17. The van der Waals surface area contributed by atoms with E-state index in [4.69, 9.17) is 5.11 Å². The molecule has 5 nitrogen and oxygen atoms in total. The number of carbonyl (C=O) groups excluding carboxylic acids is 1. The van der Waals surface area contributed by atoms with Crippen LogP contribution in [-0.4, -0.2) is 48.1 Å². The van der Waals surface area contributed by atoms with Gasteiger partial charge in [-0.25, -0.2) is 4.79 Å². The molecule has 1 aliphatic heterocycles. The van der Waals surface area contributed by atoms with Gasteiger partial charge in [0.25, 0.3) is 0 Å². The summed E-state index contributed by atoms with van der Waals surface area (Å²) in [4.78, 5) is 25.1. The van der Waals surface area contributed by atoms with Gasteiger partial charge < -0.3 is 15.3 Å². The van der Waals surface area contributed by atoms with Crippen molar-refractivity contribution in [2.75, 3.05) is 20.1 Å². The summed E-state index contributed by atoms with van der Waals surface area (Å²) < 4.78 is 0. The van der Waals surface area contributed by atoms with Gasteiger partial charge in [0, 0.05) is 6.54 Å². The van der Waals surface area contributed by atoms with Crippen LogP contribution in [0.15, 0.2) is 0 Å². The first-order valence-electron chi connectivity index (χ1n) is 6.13. The Morgan fingerprint density at radius 1 is 1.41 bits per heavy atom. The van der Waals surface area contributed by atoms with Gasteiger partial charge in [0.1, 0.15) is 6.04 Å². The zero-order valence-corrected chi connectivity index (χ0v) is 10.8. The molecule has 17 heavy (non-hydrogen) atoms. The predicted octanol–water partition coefficient (Wildman–Crippen LogP) is 0.554. The van der Waals surface area contributed by atoms with E-state index < -0.39 is 12.0 Å². The van der Waals surface area contributed by atoms with Crippen molar-refractivity contribution in [1.29, 1.82) is 0 Å². The molecular formula is C12H22N2O3. The topological polar surface area (TPSA) is 69.6 Å². The summed E-state index contributed by atoms with van der Waals surface area (Å²) in [5.41, 5.74) is 0. The summed E-state index contributed by atoms with van der Waals surface area (Å²) in [6, 6.07) is -0.783. The van der Waals surface area contributed by atoms with Gasteiger partial charge in [-0.05, 0) is 32.4 Å². The third-order valence-electron chi connectivity index (χ3n) is 3.23. The molecular weight excluding hydrogens is 220 g/mol. The molecule has 1 amide bonds. The van der Waals surface area contributed by atoms with Crippen molar-refractivity contribution in [1.82, 2.24) is 10.2 Å². The molecule has 2 N–H and O–H groups in total. The third kappa shape index (κ3) is 4.00. The number of likely N-dealkylation sites (tertiary alicyclic amines) is 1. The molecule has 5 heteroatoms. The second kappa shape index (κ2) is 6.00. The average Bonchev–Trinajstić information content (AvgIpc) is 2.24. The maximum atomic E-state index is 12.0. The molecule has 98 valence electrons. The fourth-order valence-electron chi connectivity index (χ4n) is 2.17. The number of amides is 1. The Balaban J connectivity index is 2.54. The van der Waals surface area contributed by atoms with Crippen molar-refractivity contribution < 1.29 is 14.7 Å². The first-order valence-corrected chi connectivity index (χ1v) is 6.13. The Kier molecular flexibility index (Phi) is 4.93. The van der Waals surface area contributed by atoms with Crippen molar-refractivity contribution in [2.24, 2.45) is 11.8 Å². The van der Waals surface area contributed by atoms with Gasteiger partial charge in [-0.2, -0.15) is 0 Å². The van der Waals surface area contributed by atoms with Crippen LogP contribution in [0.25, 0.3) is 0 Å². The number of piperidine rings is 1. The lowest BCUT2D eigenvalue weighted by molar-refractivity contribution is -0.144. The van der Waals surface area contributed by atoms with Gasteiger partial charge in [-0.15, -0.1) is 0 Å². The smallest absolute Gasteiger partial charge is 0.326 e. The number of rotatable bonds is 4. The molecule has 0 aliphatic carbocycles. The highest BCUT2D eigenvalue weighted by atomic mass is 16.4. The van der Waals surface area contributed by atoms with Crippen molar-refractivity contribution in [3.8, 4) is 0 Å². The molecule has 0 aromatic rings. The Morgan fingerprint density at radius 2 is 2.06 bits per heavy atom. The molecule has 1 aliphatic rings. The molecule has 1 fully saturated rings. The van der Waals surface area contributed by atoms with Gasteiger partial charge in [0.2, 0.25) is 5.91 Å². The largest absolute Gasteiger partial charge is 0.480 e. The highest BCUT2D eigenvalue weighted by Crippen LogP contribution is 2.16. The highest BCUT2D eigenvalue weighted by molar-refractivity contribution is 5.85. The van der Waals surface area contributed by atoms with Crippen molar-refractivity contribution in [3.63, 3.8) is 0 Å². The fraction of sp³-hybridized carbons (Fsp3) is 0.833.